The van der Waals surface area contributed by atoms with Crippen molar-refractivity contribution in [2.24, 2.45) is 0 Å². The predicted octanol–water partition coefficient (Wildman–Crippen LogP) is 2.91. The summed E-state index contributed by atoms with van der Waals surface area (Å²) in [5, 5.41) is 3.24. The first-order valence-electron chi connectivity index (χ1n) is 6.21. The molecule has 0 aliphatic heterocycles. The van der Waals surface area contributed by atoms with Crippen molar-refractivity contribution in [3.8, 4) is 0 Å². The van der Waals surface area contributed by atoms with Crippen LogP contribution in [0.1, 0.15) is 43.0 Å². The molecule has 17 heavy (non-hydrogen) atoms. The maximum atomic E-state index is 11.9. The number of nitrogens with one attached hydrogen (secondary N) is 1. The minimum atomic E-state index is -0.305. The fourth-order valence-electron chi connectivity index (χ4n) is 1.55. The standard InChI is InChI=1S/C13H21NO2S/c1-4-9-14-12(13(15)16-6-3)11-8-7-10(5-2)17-11/h7-8,12,14H,4-6,9H2,1-3H3. The number of ether oxygens (including phenoxy) is 1. The summed E-state index contributed by atoms with van der Waals surface area (Å²) in [5.41, 5.74) is 0. The molecule has 1 N–H and O–H groups in total. The van der Waals surface area contributed by atoms with E-state index in [4.69, 9.17) is 4.74 Å². The molecule has 0 aliphatic carbocycles. The lowest BCUT2D eigenvalue weighted by molar-refractivity contribution is -0.145. The smallest absolute Gasteiger partial charge is 0.328 e. The minimum Gasteiger partial charge on any atom is -0.465 e. The molecule has 0 amide bonds. The zero-order valence-corrected chi connectivity index (χ0v) is 11.6. The summed E-state index contributed by atoms with van der Waals surface area (Å²) < 4.78 is 5.10. The summed E-state index contributed by atoms with van der Waals surface area (Å²) in [6, 6.07) is 3.80. The van der Waals surface area contributed by atoms with E-state index in [0.717, 1.165) is 24.3 Å². The van der Waals surface area contributed by atoms with E-state index in [0.29, 0.717) is 6.61 Å². The molecule has 1 aromatic rings. The largest absolute Gasteiger partial charge is 0.465 e. The molecule has 1 heterocycles. The van der Waals surface area contributed by atoms with Gasteiger partial charge in [0.1, 0.15) is 6.04 Å². The van der Waals surface area contributed by atoms with Crippen LogP contribution in [0.3, 0.4) is 0 Å². The van der Waals surface area contributed by atoms with Crippen LogP contribution in [0.5, 0.6) is 0 Å². The van der Waals surface area contributed by atoms with Crippen LogP contribution in [-0.2, 0) is 16.0 Å². The van der Waals surface area contributed by atoms with Crippen LogP contribution in [0, 0.1) is 0 Å². The van der Waals surface area contributed by atoms with E-state index in [-0.39, 0.29) is 12.0 Å². The number of aryl methyl sites for hydroxylation is 1. The van der Waals surface area contributed by atoms with Gasteiger partial charge in [-0.3, -0.25) is 0 Å². The van der Waals surface area contributed by atoms with Gasteiger partial charge in [0, 0.05) is 9.75 Å². The van der Waals surface area contributed by atoms with Gasteiger partial charge in [0.15, 0.2) is 0 Å². The Morgan fingerprint density at radius 1 is 1.41 bits per heavy atom. The Bertz CT molecular complexity index is 349. The van der Waals surface area contributed by atoms with E-state index >= 15 is 0 Å². The topological polar surface area (TPSA) is 38.3 Å². The van der Waals surface area contributed by atoms with Crippen molar-refractivity contribution in [1.82, 2.24) is 5.32 Å². The Morgan fingerprint density at radius 3 is 2.71 bits per heavy atom. The average molecular weight is 255 g/mol. The molecule has 0 radical (unpaired) electrons. The van der Waals surface area contributed by atoms with E-state index in [9.17, 15) is 4.79 Å². The highest BCUT2D eigenvalue weighted by atomic mass is 32.1. The highest BCUT2D eigenvalue weighted by Gasteiger charge is 2.22. The maximum Gasteiger partial charge on any atom is 0.328 e. The van der Waals surface area contributed by atoms with Gasteiger partial charge in [-0.2, -0.15) is 0 Å². The van der Waals surface area contributed by atoms with Gasteiger partial charge < -0.3 is 10.1 Å². The molecular formula is C13H21NO2S. The lowest BCUT2D eigenvalue weighted by Gasteiger charge is -2.15. The molecule has 1 rings (SSSR count). The molecule has 96 valence electrons. The number of hydrogen-bond acceptors (Lipinski definition) is 4. The van der Waals surface area contributed by atoms with Gasteiger partial charge in [-0.15, -0.1) is 11.3 Å². The van der Waals surface area contributed by atoms with Crippen molar-refractivity contribution in [3.05, 3.63) is 21.9 Å². The zero-order valence-electron chi connectivity index (χ0n) is 10.8. The average Bonchev–Trinajstić information content (AvgIpc) is 2.78. The first-order valence-corrected chi connectivity index (χ1v) is 7.03. The Kier molecular flexibility index (Phi) is 6.22. The van der Waals surface area contributed by atoms with Gasteiger partial charge in [-0.05, 0) is 38.4 Å². The SMILES string of the molecule is CCCNC(C(=O)OCC)c1ccc(CC)s1. The third-order valence-electron chi connectivity index (χ3n) is 2.44. The van der Waals surface area contributed by atoms with Crippen molar-refractivity contribution < 1.29 is 9.53 Å². The van der Waals surface area contributed by atoms with Gasteiger partial charge in [0.25, 0.3) is 0 Å². The van der Waals surface area contributed by atoms with E-state index < -0.39 is 0 Å². The van der Waals surface area contributed by atoms with Crippen LogP contribution in [0.2, 0.25) is 0 Å². The summed E-state index contributed by atoms with van der Waals surface area (Å²) in [5.74, 6) is -0.176. The summed E-state index contributed by atoms with van der Waals surface area (Å²) in [7, 11) is 0. The molecule has 0 bridgehead atoms. The molecule has 0 aromatic carbocycles. The summed E-state index contributed by atoms with van der Waals surface area (Å²) in [6.07, 6.45) is 2.01. The second-order valence-electron chi connectivity index (χ2n) is 3.80. The van der Waals surface area contributed by atoms with Crippen LogP contribution in [0.25, 0.3) is 0 Å². The van der Waals surface area contributed by atoms with Crippen molar-refractivity contribution in [2.45, 2.75) is 39.7 Å². The molecule has 0 aliphatic rings. The monoisotopic (exact) mass is 255 g/mol. The number of hydrogen-bond donors (Lipinski definition) is 1. The number of rotatable bonds is 7. The molecule has 3 nitrogen and oxygen atoms in total. The highest BCUT2D eigenvalue weighted by molar-refractivity contribution is 7.12. The zero-order chi connectivity index (χ0) is 12.7. The molecule has 1 unspecified atom stereocenters. The predicted molar refractivity (Wildman–Crippen MR) is 71.4 cm³/mol. The molecule has 0 spiro atoms. The fraction of sp³-hybridized carbons (Fsp3) is 0.615. The quantitative estimate of drug-likeness (QED) is 0.761. The lowest BCUT2D eigenvalue weighted by Crippen LogP contribution is -2.30. The lowest BCUT2D eigenvalue weighted by atomic mass is 10.2. The van der Waals surface area contributed by atoms with Crippen LogP contribution in [0.15, 0.2) is 12.1 Å². The maximum absolute atomic E-state index is 11.9. The van der Waals surface area contributed by atoms with Crippen molar-refractivity contribution >= 4 is 17.3 Å². The third-order valence-corrected chi connectivity index (χ3v) is 3.73. The van der Waals surface area contributed by atoms with Gasteiger partial charge in [-0.1, -0.05) is 13.8 Å². The molecule has 1 atom stereocenters. The number of carbonyl (C=O) groups is 1. The Morgan fingerprint density at radius 2 is 2.18 bits per heavy atom. The summed E-state index contributed by atoms with van der Waals surface area (Å²) in [4.78, 5) is 14.2. The van der Waals surface area contributed by atoms with Crippen LogP contribution < -0.4 is 5.32 Å². The summed E-state index contributed by atoms with van der Waals surface area (Å²) in [6.45, 7) is 7.29. The third kappa shape index (κ3) is 4.13. The van der Waals surface area contributed by atoms with E-state index in [1.54, 1.807) is 11.3 Å². The molecule has 0 saturated heterocycles. The van der Waals surface area contributed by atoms with E-state index in [1.165, 1.54) is 4.88 Å². The highest BCUT2D eigenvalue weighted by Crippen LogP contribution is 2.24. The Balaban J connectivity index is 2.77. The first-order chi connectivity index (χ1) is 8.22. The normalized spacial score (nSPS) is 12.4. The molecule has 0 saturated carbocycles. The van der Waals surface area contributed by atoms with E-state index in [2.05, 4.69) is 25.2 Å². The van der Waals surface area contributed by atoms with Crippen LogP contribution in [-0.4, -0.2) is 19.1 Å². The van der Waals surface area contributed by atoms with Gasteiger partial charge in [0.2, 0.25) is 0 Å². The number of carbonyl (C=O) groups excluding carboxylic acids is 1. The molecular weight excluding hydrogens is 234 g/mol. The van der Waals surface area contributed by atoms with Crippen molar-refractivity contribution in [3.63, 3.8) is 0 Å². The second-order valence-corrected chi connectivity index (χ2v) is 5.00. The molecule has 0 fully saturated rings. The van der Waals surface area contributed by atoms with Gasteiger partial charge in [0.05, 0.1) is 6.61 Å². The van der Waals surface area contributed by atoms with Gasteiger partial charge >= 0.3 is 5.97 Å². The van der Waals surface area contributed by atoms with E-state index in [1.807, 2.05) is 13.0 Å². The Labute approximate surface area is 107 Å². The number of esters is 1. The molecule has 4 heteroatoms. The van der Waals surface area contributed by atoms with Crippen molar-refractivity contribution in [2.75, 3.05) is 13.2 Å². The van der Waals surface area contributed by atoms with Crippen molar-refractivity contribution in [1.29, 1.82) is 0 Å². The van der Waals surface area contributed by atoms with Crippen LogP contribution >= 0.6 is 11.3 Å². The fourth-order valence-corrected chi connectivity index (χ4v) is 2.57. The first kappa shape index (κ1) is 14.2. The molecule has 1 aromatic heterocycles. The summed E-state index contributed by atoms with van der Waals surface area (Å²) >= 11 is 1.68. The Hall–Kier alpha value is -0.870. The second kappa shape index (κ2) is 7.45. The number of thiophene rings is 1. The van der Waals surface area contributed by atoms with Crippen LogP contribution in [0.4, 0.5) is 0 Å². The van der Waals surface area contributed by atoms with Gasteiger partial charge in [-0.25, -0.2) is 4.79 Å². The minimum absolute atomic E-state index is 0.176.